The number of nitrogens with two attached hydrogens (primary N) is 1. The number of likely N-dealkylation sites (tertiary alicyclic amines) is 1. The van der Waals surface area contributed by atoms with E-state index in [0.29, 0.717) is 34.4 Å². The number of hydrogen-bond donors (Lipinski definition) is 1. The fraction of sp³-hybridized carbons (Fsp3) is 0.500. The van der Waals surface area contributed by atoms with Gasteiger partial charge in [-0.3, -0.25) is 4.79 Å². The van der Waals surface area contributed by atoms with Crippen LogP contribution in [0.25, 0.3) is 0 Å². The average Bonchev–Trinajstić information content (AvgIpc) is 2.43. The number of methoxy groups -OCH3 is 1. The number of anilines is 1. The van der Waals surface area contributed by atoms with Crippen LogP contribution in [0.1, 0.15) is 30.1 Å². The van der Waals surface area contributed by atoms with Gasteiger partial charge >= 0.3 is 0 Å². The average molecular weight is 317 g/mol. The largest absolute Gasteiger partial charge is 0.396 e. The van der Waals surface area contributed by atoms with Crippen LogP contribution in [0, 0.1) is 0 Å². The van der Waals surface area contributed by atoms with Gasteiger partial charge in [-0.15, -0.1) is 0 Å². The Kier molecular flexibility index (Phi) is 4.47. The number of ether oxygens (including phenoxy) is 1. The molecule has 1 aliphatic heterocycles. The van der Waals surface area contributed by atoms with Crippen LogP contribution in [0.15, 0.2) is 12.1 Å². The summed E-state index contributed by atoms with van der Waals surface area (Å²) in [5, 5.41) is 0.597. The summed E-state index contributed by atoms with van der Waals surface area (Å²) in [4.78, 5) is 14.3. The molecule has 6 heteroatoms. The molecule has 20 heavy (non-hydrogen) atoms. The molecule has 1 aliphatic rings. The van der Waals surface area contributed by atoms with Crippen molar-refractivity contribution in [3.05, 3.63) is 27.7 Å². The Hall–Kier alpha value is -0.970. The van der Waals surface area contributed by atoms with E-state index in [4.69, 9.17) is 33.7 Å². The van der Waals surface area contributed by atoms with Gasteiger partial charge in [0.15, 0.2) is 0 Å². The highest BCUT2D eigenvalue weighted by Crippen LogP contribution is 2.31. The molecule has 0 unspecified atom stereocenters. The molecule has 1 aromatic rings. The molecule has 110 valence electrons. The first-order chi connectivity index (χ1) is 9.36. The Morgan fingerprint density at radius 3 is 2.55 bits per heavy atom. The highest BCUT2D eigenvalue weighted by molar-refractivity contribution is 6.39. The number of carbonyl (C=O) groups is 1. The number of halogens is 2. The summed E-state index contributed by atoms with van der Waals surface area (Å²) in [6, 6.07) is 3.12. The van der Waals surface area contributed by atoms with Gasteiger partial charge in [-0.1, -0.05) is 23.2 Å². The lowest BCUT2D eigenvalue weighted by Crippen LogP contribution is -2.49. The first-order valence-electron chi connectivity index (χ1n) is 6.45. The summed E-state index contributed by atoms with van der Waals surface area (Å²) in [5.74, 6) is -0.100. The number of nitrogens with zero attached hydrogens (tertiary/aromatic N) is 1. The summed E-state index contributed by atoms with van der Waals surface area (Å²) in [6.45, 7) is 3.27. The summed E-state index contributed by atoms with van der Waals surface area (Å²) in [5.41, 5.74) is 6.14. The van der Waals surface area contributed by atoms with E-state index < -0.39 is 0 Å². The number of nitrogen functional groups attached to an aromatic ring is 1. The molecule has 1 saturated heterocycles. The molecule has 0 aromatic heterocycles. The molecule has 4 nitrogen and oxygen atoms in total. The number of carbonyl (C=O) groups excluding carboxylic acids is 1. The van der Waals surface area contributed by atoms with E-state index in [9.17, 15) is 4.79 Å². The van der Waals surface area contributed by atoms with E-state index in [1.165, 1.54) is 0 Å². The van der Waals surface area contributed by atoms with Gasteiger partial charge in [0.25, 0.3) is 5.91 Å². The minimum Gasteiger partial charge on any atom is -0.396 e. The third-order valence-corrected chi connectivity index (χ3v) is 4.39. The van der Waals surface area contributed by atoms with Crippen molar-refractivity contribution in [2.75, 3.05) is 25.9 Å². The molecule has 0 spiro atoms. The van der Waals surface area contributed by atoms with Gasteiger partial charge in [0.05, 0.1) is 21.3 Å². The highest BCUT2D eigenvalue weighted by Gasteiger charge is 2.33. The van der Waals surface area contributed by atoms with Crippen LogP contribution in [-0.2, 0) is 4.74 Å². The van der Waals surface area contributed by atoms with Crippen molar-refractivity contribution in [2.24, 2.45) is 0 Å². The van der Waals surface area contributed by atoms with Gasteiger partial charge < -0.3 is 15.4 Å². The van der Waals surface area contributed by atoms with Gasteiger partial charge in [-0.05, 0) is 31.9 Å². The second kappa shape index (κ2) is 5.80. The fourth-order valence-electron chi connectivity index (χ4n) is 2.44. The first kappa shape index (κ1) is 15.4. The van der Waals surface area contributed by atoms with Crippen LogP contribution in [0.4, 0.5) is 5.69 Å². The molecular formula is C14H18Cl2N2O2. The van der Waals surface area contributed by atoms with Crippen molar-refractivity contribution in [1.29, 1.82) is 0 Å². The van der Waals surface area contributed by atoms with Crippen LogP contribution in [0.2, 0.25) is 10.0 Å². The Bertz CT molecular complexity index is 513. The summed E-state index contributed by atoms with van der Waals surface area (Å²) >= 11 is 12.0. The van der Waals surface area contributed by atoms with Crippen LogP contribution >= 0.6 is 23.2 Å². The standard InChI is InChI=1S/C14H18Cl2N2O2/c1-14(20-2)4-3-5-18(8-14)13(19)9-6-10(15)12(17)11(16)7-9/h6-7H,3-5,8,17H2,1-2H3/t14-/m1/s1. The summed E-state index contributed by atoms with van der Waals surface area (Å²) < 4.78 is 5.50. The van der Waals surface area contributed by atoms with Gasteiger partial charge in [-0.2, -0.15) is 0 Å². The predicted octanol–water partition coefficient (Wildman–Crippen LogP) is 3.22. The minimum absolute atomic E-state index is 0.100. The zero-order chi connectivity index (χ0) is 14.9. The Morgan fingerprint density at radius 1 is 1.40 bits per heavy atom. The lowest BCUT2D eigenvalue weighted by molar-refractivity contribution is -0.0440. The molecule has 1 aromatic carbocycles. The number of piperidine rings is 1. The molecular weight excluding hydrogens is 299 g/mol. The third kappa shape index (κ3) is 3.03. The molecule has 1 atom stereocenters. The van der Waals surface area contributed by atoms with Crippen molar-refractivity contribution >= 4 is 34.8 Å². The Balaban J connectivity index is 2.23. The number of benzene rings is 1. The fourth-order valence-corrected chi connectivity index (χ4v) is 2.92. The van der Waals surface area contributed by atoms with E-state index in [2.05, 4.69) is 0 Å². The van der Waals surface area contributed by atoms with Crippen molar-refractivity contribution < 1.29 is 9.53 Å². The molecule has 0 saturated carbocycles. The van der Waals surface area contributed by atoms with E-state index in [1.807, 2.05) is 6.92 Å². The lowest BCUT2D eigenvalue weighted by atomic mass is 9.94. The van der Waals surface area contributed by atoms with E-state index in [1.54, 1.807) is 24.1 Å². The molecule has 0 radical (unpaired) electrons. The molecule has 0 bridgehead atoms. The van der Waals surface area contributed by atoms with Gasteiger partial charge in [0.1, 0.15) is 0 Å². The number of rotatable bonds is 2. The zero-order valence-electron chi connectivity index (χ0n) is 11.6. The molecule has 1 fully saturated rings. The van der Waals surface area contributed by atoms with Gasteiger partial charge in [0, 0.05) is 25.8 Å². The summed E-state index contributed by atoms with van der Waals surface area (Å²) in [6.07, 6.45) is 1.85. The smallest absolute Gasteiger partial charge is 0.254 e. The zero-order valence-corrected chi connectivity index (χ0v) is 13.1. The maximum Gasteiger partial charge on any atom is 0.254 e. The Labute approximate surface area is 128 Å². The monoisotopic (exact) mass is 316 g/mol. The predicted molar refractivity (Wildman–Crippen MR) is 81.4 cm³/mol. The number of hydrogen-bond acceptors (Lipinski definition) is 3. The van der Waals surface area contributed by atoms with Crippen molar-refractivity contribution in [2.45, 2.75) is 25.4 Å². The van der Waals surface area contributed by atoms with Crippen LogP contribution in [0.3, 0.4) is 0 Å². The second-order valence-electron chi connectivity index (χ2n) is 5.34. The Morgan fingerprint density at radius 2 is 2.00 bits per heavy atom. The molecule has 2 N–H and O–H groups in total. The maximum atomic E-state index is 12.5. The summed E-state index contributed by atoms with van der Waals surface area (Å²) in [7, 11) is 1.67. The first-order valence-corrected chi connectivity index (χ1v) is 7.21. The molecule has 1 heterocycles. The molecule has 0 aliphatic carbocycles. The minimum atomic E-state index is -0.296. The topological polar surface area (TPSA) is 55.6 Å². The van der Waals surface area contributed by atoms with E-state index in [0.717, 1.165) is 12.8 Å². The number of amides is 1. The van der Waals surface area contributed by atoms with Crippen LogP contribution in [0.5, 0.6) is 0 Å². The van der Waals surface area contributed by atoms with Gasteiger partial charge in [0.2, 0.25) is 0 Å². The normalized spacial score (nSPS) is 22.9. The van der Waals surface area contributed by atoms with Crippen molar-refractivity contribution in [1.82, 2.24) is 4.90 Å². The quantitative estimate of drug-likeness (QED) is 0.852. The highest BCUT2D eigenvalue weighted by atomic mass is 35.5. The van der Waals surface area contributed by atoms with E-state index in [-0.39, 0.29) is 11.5 Å². The van der Waals surface area contributed by atoms with Gasteiger partial charge in [-0.25, -0.2) is 0 Å². The van der Waals surface area contributed by atoms with Crippen LogP contribution < -0.4 is 5.73 Å². The van der Waals surface area contributed by atoms with Crippen molar-refractivity contribution in [3.63, 3.8) is 0 Å². The third-order valence-electron chi connectivity index (χ3n) is 3.76. The van der Waals surface area contributed by atoms with E-state index >= 15 is 0 Å². The van der Waals surface area contributed by atoms with Crippen LogP contribution in [-0.4, -0.2) is 36.6 Å². The lowest BCUT2D eigenvalue weighted by Gasteiger charge is -2.39. The SMILES string of the molecule is CO[C@]1(C)CCCN(C(=O)c2cc(Cl)c(N)c(Cl)c2)C1. The van der Waals surface area contributed by atoms with Crippen molar-refractivity contribution in [3.8, 4) is 0 Å². The molecule has 2 rings (SSSR count). The second-order valence-corrected chi connectivity index (χ2v) is 6.15. The molecule has 1 amide bonds. The maximum absolute atomic E-state index is 12.5.